The van der Waals surface area contributed by atoms with Crippen LogP contribution in [0.1, 0.15) is 48.4 Å². The Kier molecular flexibility index (Phi) is 4.50. The van der Waals surface area contributed by atoms with Crippen molar-refractivity contribution < 1.29 is 24.0 Å². The molecule has 0 spiro atoms. The Bertz CT molecular complexity index is 822. The monoisotopic (exact) mass is 352 g/mol. The highest BCUT2D eigenvalue weighted by atomic mass is 16.7. The molecule has 0 saturated carbocycles. The summed E-state index contributed by atoms with van der Waals surface area (Å²) >= 11 is 0. The van der Waals surface area contributed by atoms with Gasteiger partial charge in [0.1, 0.15) is 5.75 Å². The van der Waals surface area contributed by atoms with Gasteiger partial charge in [-0.2, -0.15) is 0 Å². The first-order valence-electron chi connectivity index (χ1n) is 8.44. The first-order valence-corrected chi connectivity index (χ1v) is 8.44. The van der Waals surface area contributed by atoms with E-state index in [9.17, 15) is 14.7 Å². The van der Waals surface area contributed by atoms with Crippen LogP contribution < -0.4 is 5.46 Å². The highest BCUT2D eigenvalue weighted by Gasteiger charge is 2.51. The van der Waals surface area contributed by atoms with Crippen molar-refractivity contribution in [2.24, 2.45) is 0 Å². The van der Waals surface area contributed by atoms with Crippen molar-refractivity contribution in [3.63, 3.8) is 0 Å². The third-order valence-corrected chi connectivity index (χ3v) is 5.03. The molecule has 0 radical (unpaired) electrons. The van der Waals surface area contributed by atoms with Gasteiger partial charge in [0.05, 0.1) is 11.2 Å². The molecule has 0 aliphatic carbocycles. The molecule has 1 saturated heterocycles. The maximum absolute atomic E-state index is 12.4. The van der Waals surface area contributed by atoms with Gasteiger partial charge in [0.15, 0.2) is 0 Å². The number of Topliss-reactive ketones (excluding diaryl/α,β-unsaturated/α-hetero) is 2. The van der Waals surface area contributed by atoms with Crippen molar-refractivity contribution in [3.8, 4) is 5.75 Å². The average Bonchev–Trinajstić information content (AvgIpc) is 2.82. The van der Waals surface area contributed by atoms with E-state index in [1.165, 1.54) is 24.3 Å². The minimum absolute atomic E-state index is 0.0424. The van der Waals surface area contributed by atoms with Crippen LogP contribution >= 0.6 is 0 Å². The quantitative estimate of drug-likeness (QED) is 0.520. The average molecular weight is 352 g/mol. The number of phenols is 1. The first-order chi connectivity index (χ1) is 12.1. The predicted octanol–water partition coefficient (Wildman–Crippen LogP) is 2.76. The summed E-state index contributed by atoms with van der Waals surface area (Å²) in [6.07, 6.45) is 0. The van der Waals surface area contributed by atoms with Crippen LogP contribution in [-0.4, -0.2) is 35.0 Å². The lowest BCUT2D eigenvalue weighted by molar-refractivity contribution is 0.00578. The zero-order valence-electron chi connectivity index (χ0n) is 15.3. The zero-order valence-corrected chi connectivity index (χ0v) is 15.3. The molecule has 5 nitrogen and oxygen atoms in total. The van der Waals surface area contributed by atoms with Crippen molar-refractivity contribution in [1.82, 2.24) is 0 Å². The summed E-state index contributed by atoms with van der Waals surface area (Å²) in [6.45, 7) is 7.89. The molecule has 3 rings (SSSR count). The number of hydrogen-bond donors (Lipinski definition) is 1. The molecule has 26 heavy (non-hydrogen) atoms. The lowest BCUT2D eigenvalue weighted by Gasteiger charge is -2.32. The molecular formula is C20H21BO5. The Morgan fingerprint density at radius 1 is 0.769 bits per heavy atom. The van der Waals surface area contributed by atoms with Gasteiger partial charge in [-0.25, -0.2) is 0 Å². The molecule has 6 heteroatoms. The Balaban J connectivity index is 1.76. The molecular weight excluding hydrogens is 331 g/mol. The lowest BCUT2D eigenvalue weighted by atomic mass is 9.78. The van der Waals surface area contributed by atoms with Gasteiger partial charge in [-0.1, -0.05) is 24.3 Å². The maximum Gasteiger partial charge on any atom is 0.494 e. The summed E-state index contributed by atoms with van der Waals surface area (Å²) in [7, 11) is -0.517. The van der Waals surface area contributed by atoms with Gasteiger partial charge in [-0.3, -0.25) is 9.59 Å². The first kappa shape index (κ1) is 18.4. The number of rotatable bonds is 4. The van der Waals surface area contributed by atoms with Crippen LogP contribution in [0, 0.1) is 0 Å². The van der Waals surface area contributed by atoms with Gasteiger partial charge in [0, 0.05) is 11.1 Å². The number of carbonyl (C=O) groups excluding carboxylic acids is 2. The number of benzene rings is 2. The van der Waals surface area contributed by atoms with Crippen molar-refractivity contribution in [2.75, 3.05) is 0 Å². The summed E-state index contributed by atoms with van der Waals surface area (Å²) in [6, 6.07) is 12.3. The van der Waals surface area contributed by atoms with Gasteiger partial charge in [-0.05, 0) is 57.4 Å². The van der Waals surface area contributed by atoms with E-state index in [1.807, 2.05) is 27.7 Å². The lowest BCUT2D eigenvalue weighted by Crippen LogP contribution is -2.41. The second-order valence-corrected chi connectivity index (χ2v) is 7.42. The number of phenolic OH excluding ortho intramolecular Hbond substituents is 1. The molecule has 1 heterocycles. The normalized spacial score (nSPS) is 17.9. The van der Waals surface area contributed by atoms with E-state index in [1.54, 1.807) is 24.3 Å². The Morgan fingerprint density at radius 3 is 1.58 bits per heavy atom. The highest BCUT2D eigenvalue weighted by Crippen LogP contribution is 2.36. The zero-order chi connectivity index (χ0) is 19.1. The van der Waals surface area contributed by atoms with Crippen LogP contribution in [0.15, 0.2) is 48.5 Å². The highest BCUT2D eigenvalue weighted by molar-refractivity contribution is 6.62. The van der Waals surface area contributed by atoms with Crippen LogP contribution in [0.3, 0.4) is 0 Å². The Morgan fingerprint density at radius 2 is 1.15 bits per heavy atom. The summed E-state index contributed by atoms with van der Waals surface area (Å²) in [5, 5.41) is 9.28. The van der Waals surface area contributed by atoms with Crippen molar-refractivity contribution >= 4 is 24.1 Å². The smallest absolute Gasteiger partial charge is 0.494 e. The standard InChI is InChI=1S/C20H21BO5/c1-19(2)20(3,4)26-21(25-19)15-9-5-13(6-10-15)17(23)18(24)14-7-11-16(22)12-8-14/h5-12,22H,1-4H3. The maximum atomic E-state index is 12.4. The topological polar surface area (TPSA) is 72.8 Å². The van der Waals surface area contributed by atoms with Gasteiger partial charge < -0.3 is 14.4 Å². The molecule has 0 bridgehead atoms. The van der Waals surface area contributed by atoms with Gasteiger partial charge in [0.25, 0.3) is 0 Å². The molecule has 0 atom stereocenters. The van der Waals surface area contributed by atoms with Crippen LogP contribution in [0.5, 0.6) is 5.75 Å². The molecule has 0 unspecified atom stereocenters. The molecule has 2 aromatic rings. The van der Waals surface area contributed by atoms with Crippen molar-refractivity contribution in [2.45, 2.75) is 38.9 Å². The molecule has 1 aliphatic heterocycles. The fraction of sp³-hybridized carbons (Fsp3) is 0.300. The number of carbonyl (C=O) groups is 2. The Hall–Kier alpha value is -2.44. The third-order valence-electron chi connectivity index (χ3n) is 5.03. The fourth-order valence-electron chi connectivity index (χ4n) is 2.65. The van der Waals surface area contributed by atoms with E-state index in [-0.39, 0.29) is 11.3 Å². The van der Waals surface area contributed by atoms with Crippen molar-refractivity contribution in [3.05, 3.63) is 59.7 Å². The van der Waals surface area contributed by atoms with E-state index in [0.29, 0.717) is 5.56 Å². The van der Waals surface area contributed by atoms with Crippen molar-refractivity contribution in [1.29, 1.82) is 0 Å². The molecule has 1 fully saturated rings. The minimum atomic E-state index is -0.617. The fourth-order valence-corrected chi connectivity index (χ4v) is 2.65. The Labute approximate surface area is 153 Å². The molecule has 1 N–H and O–H groups in total. The number of hydrogen-bond acceptors (Lipinski definition) is 5. The van der Waals surface area contributed by atoms with Crippen LogP contribution in [0.2, 0.25) is 0 Å². The van der Waals surface area contributed by atoms with E-state index in [0.717, 1.165) is 5.46 Å². The van der Waals surface area contributed by atoms with Gasteiger partial charge >= 0.3 is 7.12 Å². The van der Waals surface area contributed by atoms with Gasteiger partial charge in [-0.15, -0.1) is 0 Å². The van der Waals surface area contributed by atoms with E-state index >= 15 is 0 Å². The molecule has 1 aliphatic rings. The summed E-state index contributed by atoms with van der Waals surface area (Å²) in [5.41, 5.74) is 0.436. The van der Waals surface area contributed by atoms with Crippen LogP contribution in [0.25, 0.3) is 0 Å². The van der Waals surface area contributed by atoms with E-state index in [4.69, 9.17) is 9.31 Å². The van der Waals surface area contributed by atoms with E-state index in [2.05, 4.69) is 0 Å². The predicted molar refractivity (Wildman–Crippen MR) is 98.9 cm³/mol. The number of ketones is 2. The molecule has 2 aromatic carbocycles. The van der Waals surface area contributed by atoms with Crippen LogP contribution in [-0.2, 0) is 9.31 Å². The molecule has 0 amide bonds. The SMILES string of the molecule is CC1(C)OB(c2ccc(C(=O)C(=O)c3ccc(O)cc3)cc2)OC1(C)C. The minimum Gasteiger partial charge on any atom is -0.508 e. The molecule has 0 aromatic heterocycles. The summed E-state index contributed by atoms with van der Waals surface area (Å²) < 4.78 is 12.0. The largest absolute Gasteiger partial charge is 0.508 e. The second kappa shape index (κ2) is 6.38. The third kappa shape index (κ3) is 3.30. The second-order valence-electron chi connectivity index (χ2n) is 7.42. The van der Waals surface area contributed by atoms with Crippen LogP contribution in [0.4, 0.5) is 0 Å². The summed E-state index contributed by atoms with van der Waals surface area (Å²) in [5.74, 6) is -1.18. The molecule has 134 valence electrons. The van der Waals surface area contributed by atoms with Gasteiger partial charge in [0.2, 0.25) is 11.6 Å². The van der Waals surface area contributed by atoms with E-state index < -0.39 is 29.9 Å². The summed E-state index contributed by atoms with van der Waals surface area (Å²) in [4.78, 5) is 24.7. The number of aromatic hydroxyl groups is 1.